The third-order valence-corrected chi connectivity index (χ3v) is 4.49. The Bertz CT molecular complexity index is 221. The van der Waals surface area contributed by atoms with Crippen molar-refractivity contribution in [3.63, 3.8) is 0 Å². The molecule has 19 heavy (non-hydrogen) atoms. The molecule has 0 saturated carbocycles. The van der Waals surface area contributed by atoms with Crippen molar-refractivity contribution in [2.75, 3.05) is 46.5 Å². The van der Waals surface area contributed by atoms with Crippen LogP contribution in [-0.2, 0) is 4.74 Å². The van der Waals surface area contributed by atoms with Crippen LogP contribution in [0.4, 0.5) is 0 Å². The fourth-order valence-corrected chi connectivity index (χ4v) is 3.33. The van der Waals surface area contributed by atoms with E-state index in [9.17, 15) is 5.11 Å². The summed E-state index contributed by atoms with van der Waals surface area (Å²) < 4.78 is 5.53. The number of nitrogens with one attached hydrogen (secondary N) is 1. The minimum absolute atomic E-state index is 0.253. The van der Waals surface area contributed by atoms with Crippen LogP contribution in [0.2, 0.25) is 0 Å². The molecule has 4 heteroatoms. The largest absolute Gasteiger partial charge is 0.395 e. The lowest BCUT2D eigenvalue weighted by Crippen LogP contribution is -2.50. The van der Waals surface area contributed by atoms with Crippen LogP contribution in [0.15, 0.2) is 0 Å². The first kappa shape index (κ1) is 16.9. The molecule has 114 valence electrons. The molecule has 0 bridgehead atoms. The summed E-state index contributed by atoms with van der Waals surface area (Å²) in [6, 6.07) is 0.587. The van der Waals surface area contributed by atoms with Gasteiger partial charge in [0.15, 0.2) is 0 Å². The number of aliphatic hydroxyl groups excluding tert-OH is 1. The minimum Gasteiger partial charge on any atom is -0.395 e. The summed E-state index contributed by atoms with van der Waals surface area (Å²) in [5.74, 6) is 0. The van der Waals surface area contributed by atoms with E-state index in [0.717, 1.165) is 58.5 Å². The van der Waals surface area contributed by atoms with E-state index in [1.54, 1.807) is 0 Å². The van der Waals surface area contributed by atoms with Gasteiger partial charge in [-0.05, 0) is 38.1 Å². The zero-order valence-corrected chi connectivity index (χ0v) is 13.0. The van der Waals surface area contributed by atoms with Crippen LogP contribution in [0.1, 0.15) is 39.5 Å². The summed E-state index contributed by atoms with van der Waals surface area (Å²) in [5, 5.41) is 12.7. The number of nitrogens with zero attached hydrogens (tertiary/aromatic N) is 1. The molecule has 1 saturated heterocycles. The van der Waals surface area contributed by atoms with Crippen LogP contribution in [0.3, 0.4) is 0 Å². The van der Waals surface area contributed by atoms with Gasteiger partial charge in [0, 0.05) is 38.9 Å². The predicted octanol–water partition coefficient (Wildman–Crippen LogP) is 1.49. The van der Waals surface area contributed by atoms with E-state index < -0.39 is 0 Å². The highest BCUT2D eigenvalue weighted by Gasteiger charge is 2.35. The van der Waals surface area contributed by atoms with Crippen molar-refractivity contribution in [2.24, 2.45) is 5.41 Å². The molecule has 1 aliphatic rings. The Morgan fingerprint density at radius 1 is 1.26 bits per heavy atom. The van der Waals surface area contributed by atoms with E-state index in [0.29, 0.717) is 11.5 Å². The standard InChI is InChI=1S/C15H32N2O2/c1-4-14(5-2)17(8-9-18)13-15(12-16-3)6-10-19-11-7-15/h14,16,18H,4-13H2,1-3H3. The van der Waals surface area contributed by atoms with Crippen LogP contribution in [0.5, 0.6) is 0 Å². The highest BCUT2D eigenvalue weighted by Crippen LogP contribution is 2.32. The fraction of sp³-hybridized carbons (Fsp3) is 1.00. The Morgan fingerprint density at radius 2 is 1.89 bits per heavy atom. The first-order valence-electron chi connectivity index (χ1n) is 7.78. The zero-order chi connectivity index (χ0) is 14.1. The first-order valence-corrected chi connectivity index (χ1v) is 7.78. The molecule has 0 amide bonds. The average molecular weight is 272 g/mol. The van der Waals surface area contributed by atoms with E-state index in [-0.39, 0.29) is 6.61 Å². The molecule has 4 nitrogen and oxygen atoms in total. The molecule has 2 N–H and O–H groups in total. The van der Waals surface area contributed by atoms with Gasteiger partial charge in [0.05, 0.1) is 6.61 Å². The van der Waals surface area contributed by atoms with Crippen molar-refractivity contribution in [3.8, 4) is 0 Å². The van der Waals surface area contributed by atoms with Gasteiger partial charge in [0.2, 0.25) is 0 Å². The van der Waals surface area contributed by atoms with Gasteiger partial charge in [0.25, 0.3) is 0 Å². The third kappa shape index (κ3) is 5.03. The lowest BCUT2D eigenvalue weighted by molar-refractivity contribution is -0.0148. The Balaban J connectivity index is 2.71. The SMILES string of the molecule is CCC(CC)N(CCO)CC1(CNC)CCOCC1. The predicted molar refractivity (Wildman–Crippen MR) is 79.4 cm³/mol. The van der Waals surface area contributed by atoms with Crippen molar-refractivity contribution in [2.45, 2.75) is 45.6 Å². The van der Waals surface area contributed by atoms with E-state index in [4.69, 9.17) is 4.74 Å². The molecule has 0 atom stereocenters. The molecule has 1 heterocycles. The lowest BCUT2D eigenvalue weighted by Gasteiger charge is -2.43. The maximum Gasteiger partial charge on any atom is 0.0558 e. The smallest absolute Gasteiger partial charge is 0.0558 e. The zero-order valence-electron chi connectivity index (χ0n) is 13.0. The summed E-state index contributed by atoms with van der Waals surface area (Å²) in [7, 11) is 2.03. The fourth-order valence-electron chi connectivity index (χ4n) is 3.33. The minimum atomic E-state index is 0.253. The summed E-state index contributed by atoms with van der Waals surface area (Å²) in [6.45, 7) is 9.39. The second-order valence-corrected chi connectivity index (χ2v) is 5.81. The molecule has 0 aliphatic carbocycles. The molecule has 0 unspecified atom stereocenters. The molecule has 0 aromatic carbocycles. The van der Waals surface area contributed by atoms with E-state index in [1.165, 1.54) is 0 Å². The number of ether oxygens (including phenoxy) is 1. The van der Waals surface area contributed by atoms with Gasteiger partial charge in [-0.3, -0.25) is 4.90 Å². The van der Waals surface area contributed by atoms with Crippen molar-refractivity contribution < 1.29 is 9.84 Å². The molecule has 1 aliphatic heterocycles. The molecular weight excluding hydrogens is 240 g/mol. The molecular formula is C15H32N2O2. The summed E-state index contributed by atoms with van der Waals surface area (Å²) in [4.78, 5) is 2.49. The van der Waals surface area contributed by atoms with Crippen molar-refractivity contribution in [3.05, 3.63) is 0 Å². The van der Waals surface area contributed by atoms with Crippen LogP contribution in [-0.4, -0.2) is 62.6 Å². The lowest BCUT2D eigenvalue weighted by atomic mass is 9.79. The molecule has 0 aromatic heterocycles. The monoisotopic (exact) mass is 272 g/mol. The topological polar surface area (TPSA) is 44.7 Å². The van der Waals surface area contributed by atoms with E-state index >= 15 is 0 Å². The van der Waals surface area contributed by atoms with Gasteiger partial charge < -0.3 is 15.2 Å². The third-order valence-electron chi connectivity index (χ3n) is 4.49. The number of rotatable bonds is 9. The van der Waals surface area contributed by atoms with Crippen LogP contribution in [0.25, 0.3) is 0 Å². The number of hydrogen-bond donors (Lipinski definition) is 2. The van der Waals surface area contributed by atoms with Gasteiger partial charge in [-0.15, -0.1) is 0 Å². The Morgan fingerprint density at radius 3 is 2.37 bits per heavy atom. The van der Waals surface area contributed by atoms with Crippen LogP contribution >= 0.6 is 0 Å². The van der Waals surface area contributed by atoms with Crippen molar-refractivity contribution in [1.82, 2.24) is 10.2 Å². The quantitative estimate of drug-likeness (QED) is 0.667. The van der Waals surface area contributed by atoms with Crippen LogP contribution in [0, 0.1) is 5.41 Å². The molecule has 1 fully saturated rings. The Hall–Kier alpha value is -0.160. The summed E-state index contributed by atoms with van der Waals surface area (Å²) >= 11 is 0. The molecule has 0 aromatic rings. The first-order chi connectivity index (χ1) is 9.21. The summed E-state index contributed by atoms with van der Waals surface area (Å²) in [6.07, 6.45) is 4.55. The van der Waals surface area contributed by atoms with Gasteiger partial charge in [-0.2, -0.15) is 0 Å². The highest BCUT2D eigenvalue weighted by atomic mass is 16.5. The van der Waals surface area contributed by atoms with Gasteiger partial charge in [-0.1, -0.05) is 13.8 Å². The molecule has 1 rings (SSSR count). The van der Waals surface area contributed by atoms with Gasteiger partial charge in [-0.25, -0.2) is 0 Å². The second kappa shape index (κ2) is 8.90. The normalized spacial score (nSPS) is 19.3. The van der Waals surface area contributed by atoms with Crippen LogP contribution < -0.4 is 5.32 Å². The second-order valence-electron chi connectivity index (χ2n) is 5.81. The Kier molecular flexibility index (Phi) is 7.91. The average Bonchev–Trinajstić information content (AvgIpc) is 2.41. The number of aliphatic hydroxyl groups is 1. The van der Waals surface area contributed by atoms with E-state index in [1.807, 2.05) is 7.05 Å². The molecule has 0 spiro atoms. The Labute approximate surface area is 118 Å². The highest BCUT2D eigenvalue weighted by molar-refractivity contribution is 4.88. The van der Waals surface area contributed by atoms with Gasteiger partial charge >= 0.3 is 0 Å². The molecule has 0 radical (unpaired) electrons. The van der Waals surface area contributed by atoms with Crippen molar-refractivity contribution in [1.29, 1.82) is 0 Å². The number of hydrogen-bond acceptors (Lipinski definition) is 4. The van der Waals surface area contributed by atoms with Gasteiger partial charge in [0.1, 0.15) is 0 Å². The van der Waals surface area contributed by atoms with E-state index in [2.05, 4.69) is 24.1 Å². The maximum absolute atomic E-state index is 9.34. The maximum atomic E-state index is 9.34. The summed E-state index contributed by atoms with van der Waals surface area (Å²) in [5.41, 5.74) is 0.310. The van der Waals surface area contributed by atoms with Crippen molar-refractivity contribution >= 4 is 0 Å².